The van der Waals surface area contributed by atoms with Crippen LogP contribution in [0.25, 0.3) is 11.5 Å². The maximum Gasteiger partial charge on any atom is 0.180 e. The molecule has 20 heavy (non-hydrogen) atoms. The Labute approximate surface area is 119 Å². The van der Waals surface area contributed by atoms with Crippen LogP contribution in [0.1, 0.15) is 50.9 Å². The Morgan fingerprint density at radius 1 is 1.20 bits per heavy atom. The fourth-order valence-electron chi connectivity index (χ4n) is 2.39. The van der Waals surface area contributed by atoms with E-state index in [0.29, 0.717) is 23.6 Å². The highest BCUT2D eigenvalue weighted by Crippen LogP contribution is 2.28. The lowest BCUT2D eigenvalue weighted by molar-refractivity contribution is 0.603. The van der Waals surface area contributed by atoms with Gasteiger partial charge in [-0.1, -0.05) is 13.8 Å². The number of hydrogen-bond acceptors (Lipinski definition) is 5. The first-order valence-electron chi connectivity index (χ1n) is 6.83. The number of anilines is 1. The summed E-state index contributed by atoms with van der Waals surface area (Å²) in [6.45, 7) is 10.4. The summed E-state index contributed by atoms with van der Waals surface area (Å²) < 4.78 is 2.05. The Balaban J connectivity index is 2.59. The second-order valence-corrected chi connectivity index (χ2v) is 5.47. The lowest BCUT2D eigenvalue weighted by Crippen LogP contribution is -2.15. The zero-order valence-electron chi connectivity index (χ0n) is 12.7. The highest BCUT2D eigenvalue weighted by molar-refractivity contribution is 5.57. The molecule has 0 unspecified atom stereocenters. The van der Waals surface area contributed by atoms with Gasteiger partial charge in [-0.05, 0) is 26.7 Å². The van der Waals surface area contributed by atoms with Crippen molar-refractivity contribution in [1.82, 2.24) is 19.5 Å². The van der Waals surface area contributed by atoms with Gasteiger partial charge in [-0.2, -0.15) is 0 Å². The molecule has 0 saturated heterocycles. The Morgan fingerprint density at radius 3 is 2.45 bits per heavy atom. The summed E-state index contributed by atoms with van der Waals surface area (Å²) in [5.74, 6) is 7.25. The summed E-state index contributed by atoms with van der Waals surface area (Å²) in [6.07, 6.45) is 3.58. The van der Waals surface area contributed by atoms with Crippen LogP contribution in [0.15, 0.2) is 12.5 Å². The summed E-state index contributed by atoms with van der Waals surface area (Å²) in [5, 5.41) is 0. The number of nitrogen functional groups attached to an aromatic ring is 1. The normalized spacial score (nSPS) is 11.4. The number of nitrogens with two attached hydrogens (primary N) is 1. The lowest BCUT2D eigenvalue weighted by atomic mass is 10.0. The van der Waals surface area contributed by atoms with Gasteiger partial charge in [0, 0.05) is 17.3 Å². The molecular weight excluding hydrogens is 252 g/mol. The molecule has 0 radical (unpaired) electrons. The summed E-state index contributed by atoms with van der Waals surface area (Å²) in [5.41, 5.74) is 5.57. The van der Waals surface area contributed by atoms with Crippen LogP contribution in [0.2, 0.25) is 0 Å². The maximum absolute atomic E-state index is 5.61. The smallest absolute Gasteiger partial charge is 0.180 e. The number of hydrogen-bond donors (Lipinski definition) is 2. The van der Waals surface area contributed by atoms with Gasteiger partial charge in [-0.15, -0.1) is 0 Å². The molecule has 0 amide bonds. The van der Waals surface area contributed by atoms with E-state index in [4.69, 9.17) is 5.84 Å². The van der Waals surface area contributed by atoms with Crippen molar-refractivity contribution in [2.24, 2.45) is 5.84 Å². The number of aryl methyl sites for hydroxylation is 1. The van der Waals surface area contributed by atoms with Gasteiger partial charge in [0.1, 0.15) is 11.5 Å². The molecular formula is C14H22N6. The minimum absolute atomic E-state index is 0.301. The molecule has 0 saturated carbocycles. The van der Waals surface area contributed by atoms with Gasteiger partial charge in [-0.3, -0.25) is 0 Å². The fraction of sp³-hybridized carbons (Fsp3) is 0.500. The van der Waals surface area contributed by atoms with Gasteiger partial charge in [0.25, 0.3) is 0 Å². The first-order valence-corrected chi connectivity index (χ1v) is 6.83. The Kier molecular flexibility index (Phi) is 4.04. The summed E-state index contributed by atoms with van der Waals surface area (Å²) in [6, 6.07) is 0.301. The van der Waals surface area contributed by atoms with Crippen LogP contribution >= 0.6 is 0 Å². The number of hydrazine groups is 1. The molecule has 2 heterocycles. The quantitative estimate of drug-likeness (QED) is 0.661. The van der Waals surface area contributed by atoms with Gasteiger partial charge >= 0.3 is 0 Å². The second kappa shape index (κ2) is 5.58. The van der Waals surface area contributed by atoms with Crippen LogP contribution in [0.5, 0.6) is 0 Å². The minimum Gasteiger partial charge on any atom is -0.325 e. The molecule has 0 fully saturated rings. The third kappa shape index (κ3) is 2.51. The van der Waals surface area contributed by atoms with Gasteiger partial charge in [-0.25, -0.2) is 20.8 Å². The zero-order valence-corrected chi connectivity index (χ0v) is 12.7. The predicted octanol–water partition coefficient (Wildman–Crippen LogP) is 2.64. The molecule has 0 atom stereocenters. The van der Waals surface area contributed by atoms with E-state index in [1.54, 1.807) is 12.5 Å². The molecule has 2 rings (SSSR count). The topological polar surface area (TPSA) is 81.7 Å². The van der Waals surface area contributed by atoms with Crippen LogP contribution < -0.4 is 11.3 Å². The molecule has 0 aliphatic rings. The Morgan fingerprint density at radius 2 is 1.90 bits per heavy atom. The van der Waals surface area contributed by atoms with Crippen molar-refractivity contribution < 1.29 is 0 Å². The number of aromatic nitrogens is 4. The third-order valence-electron chi connectivity index (χ3n) is 3.30. The van der Waals surface area contributed by atoms with Crippen LogP contribution in [0.4, 0.5) is 5.82 Å². The Bertz CT molecular complexity index is 600. The van der Waals surface area contributed by atoms with E-state index in [9.17, 15) is 0 Å². The van der Waals surface area contributed by atoms with Crippen molar-refractivity contribution in [3.63, 3.8) is 0 Å². The fourth-order valence-corrected chi connectivity index (χ4v) is 2.39. The van der Waals surface area contributed by atoms with Gasteiger partial charge in [0.2, 0.25) is 0 Å². The van der Waals surface area contributed by atoms with E-state index >= 15 is 0 Å². The second-order valence-electron chi connectivity index (χ2n) is 5.47. The molecule has 0 aliphatic heterocycles. The molecule has 2 aromatic heterocycles. The zero-order chi connectivity index (χ0) is 14.9. The van der Waals surface area contributed by atoms with Crippen LogP contribution in [0, 0.1) is 6.92 Å². The van der Waals surface area contributed by atoms with Crippen molar-refractivity contribution in [1.29, 1.82) is 0 Å². The molecule has 3 N–H and O–H groups in total. The first kappa shape index (κ1) is 14.5. The molecule has 0 aromatic carbocycles. The van der Waals surface area contributed by atoms with E-state index in [1.165, 1.54) is 0 Å². The number of rotatable bonds is 4. The first-order chi connectivity index (χ1) is 9.45. The molecule has 6 heteroatoms. The lowest BCUT2D eigenvalue weighted by Gasteiger charge is -2.16. The average molecular weight is 274 g/mol. The average Bonchev–Trinajstić information content (AvgIpc) is 2.86. The van der Waals surface area contributed by atoms with E-state index < -0.39 is 0 Å². The van der Waals surface area contributed by atoms with Crippen molar-refractivity contribution in [2.75, 3.05) is 5.43 Å². The molecule has 0 spiro atoms. The van der Waals surface area contributed by atoms with E-state index in [0.717, 1.165) is 17.0 Å². The summed E-state index contributed by atoms with van der Waals surface area (Å²) in [4.78, 5) is 13.4. The molecule has 108 valence electrons. The van der Waals surface area contributed by atoms with Gasteiger partial charge in [0.15, 0.2) is 5.82 Å². The molecule has 0 aliphatic carbocycles. The molecule has 6 nitrogen and oxygen atoms in total. The monoisotopic (exact) mass is 274 g/mol. The highest BCUT2D eigenvalue weighted by atomic mass is 15.3. The number of nitrogens with one attached hydrogen (secondary N) is 1. The van der Waals surface area contributed by atoms with E-state index in [1.807, 2.05) is 11.5 Å². The van der Waals surface area contributed by atoms with Crippen LogP contribution in [-0.2, 0) is 0 Å². The molecule has 2 aromatic rings. The summed E-state index contributed by atoms with van der Waals surface area (Å²) in [7, 11) is 0. The van der Waals surface area contributed by atoms with E-state index in [-0.39, 0.29) is 0 Å². The standard InChI is InChI=1S/C14H22N6/c1-8(2)12-10(5)17-13(18-14(12)19-15)11-6-16-7-20(11)9(3)4/h6-9H,15H2,1-5H3,(H,17,18,19). The minimum atomic E-state index is 0.301. The Hall–Kier alpha value is -1.95. The van der Waals surface area contributed by atoms with Crippen molar-refractivity contribution in [3.8, 4) is 11.5 Å². The SMILES string of the molecule is Cc1nc(-c2cncn2C(C)C)nc(NN)c1C(C)C. The van der Waals surface area contributed by atoms with Crippen molar-refractivity contribution in [3.05, 3.63) is 23.8 Å². The van der Waals surface area contributed by atoms with Crippen molar-refractivity contribution >= 4 is 5.82 Å². The maximum atomic E-state index is 5.61. The van der Waals surface area contributed by atoms with Crippen LogP contribution in [-0.4, -0.2) is 19.5 Å². The number of nitrogens with zero attached hydrogens (tertiary/aromatic N) is 4. The predicted molar refractivity (Wildman–Crippen MR) is 80.3 cm³/mol. The van der Waals surface area contributed by atoms with Crippen molar-refractivity contribution in [2.45, 2.75) is 46.6 Å². The third-order valence-corrected chi connectivity index (χ3v) is 3.30. The van der Waals surface area contributed by atoms with Crippen LogP contribution in [0.3, 0.4) is 0 Å². The molecule has 0 bridgehead atoms. The highest BCUT2D eigenvalue weighted by Gasteiger charge is 2.17. The summed E-state index contributed by atoms with van der Waals surface area (Å²) >= 11 is 0. The van der Waals surface area contributed by atoms with Gasteiger partial charge in [0.05, 0.1) is 12.5 Å². The van der Waals surface area contributed by atoms with Gasteiger partial charge < -0.3 is 9.99 Å². The van der Waals surface area contributed by atoms with E-state index in [2.05, 4.69) is 48.1 Å². The number of imidazole rings is 1. The largest absolute Gasteiger partial charge is 0.325 e.